The summed E-state index contributed by atoms with van der Waals surface area (Å²) < 4.78 is 10.8. The first kappa shape index (κ1) is 13.2. The van der Waals surface area contributed by atoms with Crippen LogP contribution >= 0.6 is 0 Å². The van der Waals surface area contributed by atoms with Crippen LogP contribution in [-0.2, 0) is 6.61 Å². The lowest BCUT2D eigenvalue weighted by atomic mass is 10.1. The van der Waals surface area contributed by atoms with E-state index in [1.165, 1.54) is 12.1 Å². The normalized spacial score (nSPS) is 10.7. The Hall–Kier alpha value is -2.75. The van der Waals surface area contributed by atoms with Crippen molar-refractivity contribution in [1.29, 1.82) is 0 Å². The minimum atomic E-state index is -0.402. The summed E-state index contributed by atoms with van der Waals surface area (Å²) in [5.74, 6) is 0.685. The number of aryl methyl sites for hydroxylation is 1. The molecule has 0 saturated carbocycles. The van der Waals surface area contributed by atoms with Crippen LogP contribution in [-0.4, -0.2) is 5.11 Å². The Kier molecular flexibility index (Phi) is 3.36. The van der Waals surface area contributed by atoms with Crippen molar-refractivity contribution in [3.8, 4) is 11.5 Å². The van der Waals surface area contributed by atoms with Crippen LogP contribution in [0.15, 0.2) is 57.7 Å². The van der Waals surface area contributed by atoms with E-state index in [0.717, 1.165) is 16.5 Å². The summed E-state index contributed by atoms with van der Waals surface area (Å²) in [4.78, 5) is 11.6. The Morgan fingerprint density at radius 3 is 2.81 bits per heavy atom. The topological polar surface area (TPSA) is 59.7 Å². The molecule has 1 N–H and O–H groups in total. The number of phenolic OH excluding ortho intramolecular Hbond substituents is 1. The first-order valence-corrected chi connectivity index (χ1v) is 6.57. The highest BCUT2D eigenvalue weighted by Gasteiger charge is 2.07. The number of aromatic hydroxyl groups is 1. The minimum absolute atomic E-state index is 0.140. The van der Waals surface area contributed by atoms with Gasteiger partial charge in [-0.2, -0.15) is 0 Å². The predicted molar refractivity (Wildman–Crippen MR) is 79.7 cm³/mol. The lowest BCUT2D eigenvalue weighted by Gasteiger charge is -2.09. The van der Waals surface area contributed by atoms with Gasteiger partial charge in [-0.3, -0.25) is 0 Å². The molecule has 2 aromatic carbocycles. The van der Waals surface area contributed by atoms with Crippen molar-refractivity contribution in [2.75, 3.05) is 0 Å². The van der Waals surface area contributed by atoms with Gasteiger partial charge in [0.1, 0.15) is 23.7 Å². The number of hydrogen-bond donors (Lipinski definition) is 1. The summed E-state index contributed by atoms with van der Waals surface area (Å²) >= 11 is 0. The van der Waals surface area contributed by atoms with Gasteiger partial charge in [-0.25, -0.2) is 4.79 Å². The van der Waals surface area contributed by atoms with Crippen LogP contribution in [0.3, 0.4) is 0 Å². The van der Waals surface area contributed by atoms with E-state index in [1.54, 1.807) is 24.3 Å². The molecule has 0 aliphatic heterocycles. The fraction of sp³-hybridized carbons (Fsp3) is 0.118. The number of rotatable bonds is 3. The zero-order chi connectivity index (χ0) is 14.8. The van der Waals surface area contributed by atoms with Gasteiger partial charge in [-0.05, 0) is 31.2 Å². The Labute approximate surface area is 121 Å². The third-order valence-corrected chi connectivity index (χ3v) is 3.20. The lowest BCUT2D eigenvalue weighted by Crippen LogP contribution is -2.04. The maximum absolute atomic E-state index is 11.6. The Balaban J connectivity index is 1.96. The van der Waals surface area contributed by atoms with Gasteiger partial charge in [0.15, 0.2) is 0 Å². The SMILES string of the molecule is Cc1ccc2oc(=O)cc(COc3cccc(O)c3)c2c1. The van der Waals surface area contributed by atoms with Gasteiger partial charge >= 0.3 is 5.63 Å². The van der Waals surface area contributed by atoms with Crippen LogP contribution in [0.25, 0.3) is 11.0 Å². The Morgan fingerprint density at radius 2 is 2.00 bits per heavy atom. The number of ether oxygens (including phenoxy) is 1. The molecule has 21 heavy (non-hydrogen) atoms. The monoisotopic (exact) mass is 282 g/mol. The molecule has 106 valence electrons. The van der Waals surface area contributed by atoms with Crippen LogP contribution in [0.5, 0.6) is 11.5 Å². The zero-order valence-electron chi connectivity index (χ0n) is 11.5. The quantitative estimate of drug-likeness (QED) is 0.748. The molecule has 0 aliphatic carbocycles. The first-order chi connectivity index (χ1) is 10.1. The molecule has 4 nitrogen and oxygen atoms in total. The number of fused-ring (bicyclic) bond motifs is 1. The summed E-state index contributed by atoms with van der Waals surface area (Å²) in [5, 5.41) is 10.3. The Morgan fingerprint density at radius 1 is 1.14 bits per heavy atom. The van der Waals surface area contributed by atoms with E-state index in [4.69, 9.17) is 9.15 Å². The highest BCUT2D eigenvalue weighted by molar-refractivity contribution is 5.80. The van der Waals surface area contributed by atoms with E-state index in [0.29, 0.717) is 11.3 Å². The van der Waals surface area contributed by atoms with Crippen LogP contribution in [0.1, 0.15) is 11.1 Å². The van der Waals surface area contributed by atoms with E-state index < -0.39 is 5.63 Å². The van der Waals surface area contributed by atoms with E-state index in [2.05, 4.69) is 0 Å². The lowest BCUT2D eigenvalue weighted by molar-refractivity contribution is 0.305. The second-order valence-corrected chi connectivity index (χ2v) is 4.88. The highest BCUT2D eigenvalue weighted by atomic mass is 16.5. The summed E-state index contributed by atoms with van der Waals surface area (Å²) in [6, 6.07) is 13.6. The maximum Gasteiger partial charge on any atom is 0.336 e. The Bertz CT molecular complexity index is 849. The van der Waals surface area contributed by atoms with Crippen molar-refractivity contribution in [2.24, 2.45) is 0 Å². The molecule has 0 unspecified atom stereocenters. The second kappa shape index (κ2) is 5.32. The summed E-state index contributed by atoms with van der Waals surface area (Å²) in [5.41, 5.74) is 1.98. The molecular formula is C17H14O4. The molecule has 0 amide bonds. The van der Waals surface area contributed by atoms with Crippen molar-refractivity contribution in [1.82, 2.24) is 0 Å². The molecule has 0 bridgehead atoms. The van der Waals surface area contributed by atoms with E-state index >= 15 is 0 Å². The van der Waals surface area contributed by atoms with Crippen LogP contribution in [0.4, 0.5) is 0 Å². The summed E-state index contributed by atoms with van der Waals surface area (Å²) in [7, 11) is 0. The van der Waals surface area contributed by atoms with Crippen molar-refractivity contribution >= 4 is 11.0 Å². The molecule has 0 fully saturated rings. The first-order valence-electron chi connectivity index (χ1n) is 6.57. The number of benzene rings is 2. The minimum Gasteiger partial charge on any atom is -0.508 e. The van der Waals surface area contributed by atoms with E-state index in [-0.39, 0.29) is 12.4 Å². The average molecular weight is 282 g/mol. The molecule has 0 spiro atoms. The van der Waals surface area contributed by atoms with Gasteiger partial charge in [-0.1, -0.05) is 17.7 Å². The van der Waals surface area contributed by atoms with Crippen molar-refractivity contribution in [3.05, 3.63) is 70.1 Å². The molecule has 0 atom stereocenters. The molecule has 3 rings (SSSR count). The molecule has 0 saturated heterocycles. The zero-order valence-corrected chi connectivity index (χ0v) is 11.5. The molecular weight excluding hydrogens is 268 g/mol. The van der Waals surface area contributed by atoms with E-state index in [1.807, 2.05) is 19.1 Å². The number of hydrogen-bond acceptors (Lipinski definition) is 4. The smallest absolute Gasteiger partial charge is 0.336 e. The van der Waals surface area contributed by atoms with Crippen molar-refractivity contribution in [3.63, 3.8) is 0 Å². The van der Waals surface area contributed by atoms with Gasteiger partial charge in [0.25, 0.3) is 0 Å². The molecule has 0 aliphatic rings. The summed E-state index contributed by atoms with van der Waals surface area (Å²) in [6.45, 7) is 2.21. The van der Waals surface area contributed by atoms with Gasteiger partial charge in [0.2, 0.25) is 0 Å². The fourth-order valence-electron chi connectivity index (χ4n) is 2.20. The number of phenols is 1. The molecule has 1 aromatic heterocycles. The molecule has 3 aromatic rings. The van der Waals surface area contributed by atoms with Crippen molar-refractivity contribution in [2.45, 2.75) is 13.5 Å². The maximum atomic E-state index is 11.6. The van der Waals surface area contributed by atoms with E-state index in [9.17, 15) is 9.90 Å². The van der Waals surface area contributed by atoms with Gasteiger partial charge in [-0.15, -0.1) is 0 Å². The van der Waals surface area contributed by atoms with Gasteiger partial charge in [0.05, 0.1) is 0 Å². The third-order valence-electron chi connectivity index (χ3n) is 3.20. The molecule has 0 radical (unpaired) electrons. The second-order valence-electron chi connectivity index (χ2n) is 4.88. The predicted octanol–water partition coefficient (Wildman–Crippen LogP) is 3.39. The van der Waals surface area contributed by atoms with Gasteiger partial charge in [0, 0.05) is 23.1 Å². The fourth-order valence-corrected chi connectivity index (χ4v) is 2.20. The molecule has 1 heterocycles. The standard InChI is InChI=1S/C17H14O4/c1-11-5-6-16-15(7-11)12(8-17(19)21-16)10-20-14-4-2-3-13(18)9-14/h2-9,18H,10H2,1H3. The highest BCUT2D eigenvalue weighted by Crippen LogP contribution is 2.22. The van der Waals surface area contributed by atoms with Crippen LogP contribution in [0, 0.1) is 6.92 Å². The van der Waals surface area contributed by atoms with Gasteiger partial charge < -0.3 is 14.3 Å². The van der Waals surface area contributed by atoms with Crippen LogP contribution < -0.4 is 10.4 Å². The average Bonchev–Trinajstić information content (AvgIpc) is 2.45. The van der Waals surface area contributed by atoms with Crippen LogP contribution in [0.2, 0.25) is 0 Å². The van der Waals surface area contributed by atoms with Crippen molar-refractivity contribution < 1.29 is 14.3 Å². The summed E-state index contributed by atoms with van der Waals surface area (Å²) in [6.07, 6.45) is 0. The largest absolute Gasteiger partial charge is 0.508 e. The third kappa shape index (κ3) is 2.89. The molecule has 4 heteroatoms.